The SMILES string of the molecule is c1ccc(-c2c(-c3ccccc3)c(-c3ccccc3)c3c(-c4ccc(N(c5ccccc5)c5ccc6c(c5)-c5ccccc5C6(c5ccccc5)c5ccccc5)cc4)cccc3c2-c2ccccc2)cc1.c1ccc(-c2c(-c3ccccc3)c(-c3ccccc3)c3c(-c4ccc(N(c5ccccc5)c5ccc6oc7ccccc7c6c5)cc4)cccc3c2-c2ccccc2)cc1. The Balaban J connectivity index is 0.000000152. The number of benzene rings is 22. The van der Waals surface area contributed by atoms with E-state index in [9.17, 15) is 0 Å². The summed E-state index contributed by atoms with van der Waals surface area (Å²) in [5.74, 6) is 0. The molecule has 23 aromatic rings. The van der Waals surface area contributed by atoms with Crippen LogP contribution in [0.3, 0.4) is 0 Å². The Kier molecular flexibility index (Phi) is 21.0. The van der Waals surface area contributed by atoms with Crippen LogP contribution in [0.4, 0.5) is 34.1 Å². The molecule has 22 aromatic carbocycles. The van der Waals surface area contributed by atoms with Crippen LogP contribution in [-0.2, 0) is 5.41 Å². The molecule has 0 saturated carbocycles. The first-order chi connectivity index (χ1) is 65.6. The molecule has 1 aliphatic carbocycles. The number of anilines is 6. The molecule has 1 aromatic heterocycles. The van der Waals surface area contributed by atoms with Crippen molar-refractivity contribution in [1.29, 1.82) is 0 Å². The van der Waals surface area contributed by atoms with E-state index in [4.69, 9.17) is 4.42 Å². The summed E-state index contributed by atoms with van der Waals surface area (Å²) in [5.41, 5.74) is 39.4. The van der Waals surface area contributed by atoms with Gasteiger partial charge in [0.05, 0.1) is 5.41 Å². The number of para-hydroxylation sites is 3. The fraction of sp³-hybridized carbons (Fsp3) is 0.00775. The topological polar surface area (TPSA) is 19.6 Å². The zero-order chi connectivity index (χ0) is 87.7. The van der Waals surface area contributed by atoms with Crippen LogP contribution in [0.1, 0.15) is 22.3 Å². The van der Waals surface area contributed by atoms with E-state index in [0.29, 0.717) is 0 Å². The molecule has 0 spiro atoms. The minimum atomic E-state index is -0.466. The standard InChI is InChI=1S/C71H49N.C58H39NO/c1-8-25-51(26-9-1)66-62-41-24-40-60(70(62)69(54-31-14-4-15-32-54)68(53-29-12-3-13-30-53)67(66)52-27-10-2-11-28-52)50-43-45-58(46-44-50)72(57-37-20-7-21-38-57)59-47-48-65-63(49-59)61-39-22-23-42-64(61)71(65,55-33-16-5-17-34-55)56-35-18-6-19-36-56;1-6-19-41(20-7-1)54-50-31-18-30-48(58(50)57(44-25-12-4-13-26-44)56(43-23-10-3-11-24-43)55(54)42-21-8-2-9-22-42)40-33-35-46(36-34-40)59(45-27-14-5-15-28-45)47-37-38-53-51(39-47)49-29-16-17-32-52(49)60-53/h1-49H;1-39H. The summed E-state index contributed by atoms with van der Waals surface area (Å²) in [6, 6.07) is 194. The molecule has 620 valence electrons. The molecule has 24 rings (SSSR count). The van der Waals surface area contributed by atoms with Gasteiger partial charge in [-0.2, -0.15) is 0 Å². The molecular weight excluding hydrogens is 1590 g/mol. The van der Waals surface area contributed by atoms with Gasteiger partial charge in [-0.25, -0.2) is 0 Å². The van der Waals surface area contributed by atoms with Gasteiger partial charge >= 0.3 is 0 Å². The number of furan rings is 1. The van der Waals surface area contributed by atoms with Crippen molar-refractivity contribution in [2.24, 2.45) is 0 Å². The smallest absolute Gasteiger partial charge is 0.135 e. The zero-order valence-corrected chi connectivity index (χ0v) is 72.6. The third-order valence-corrected chi connectivity index (χ3v) is 26.4. The lowest BCUT2D eigenvalue weighted by molar-refractivity contribution is 0.669. The second-order valence-corrected chi connectivity index (χ2v) is 33.9. The molecule has 0 bridgehead atoms. The number of rotatable bonds is 18. The molecule has 0 N–H and O–H groups in total. The van der Waals surface area contributed by atoms with E-state index < -0.39 is 5.41 Å². The van der Waals surface area contributed by atoms with Crippen LogP contribution in [0, 0.1) is 0 Å². The molecule has 132 heavy (non-hydrogen) atoms. The summed E-state index contributed by atoms with van der Waals surface area (Å²) in [6.45, 7) is 0. The van der Waals surface area contributed by atoms with E-state index >= 15 is 0 Å². The summed E-state index contributed by atoms with van der Waals surface area (Å²) >= 11 is 0. The van der Waals surface area contributed by atoms with Gasteiger partial charge in [-0.3, -0.25) is 0 Å². The van der Waals surface area contributed by atoms with E-state index in [1.807, 2.05) is 12.1 Å². The molecule has 1 heterocycles. The fourth-order valence-corrected chi connectivity index (χ4v) is 20.8. The highest BCUT2D eigenvalue weighted by atomic mass is 16.3. The van der Waals surface area contributed by atoms with Crippen molar-refractivity contribution in [3.05, 3.63) is 556 Å². The fourth-order valence-electron chi connectivity index (χ4n) is 20.8. The zero-order valence-electron chi connectivity index (χ0n) is 72.6. The molecule has 3 nitrogen and oxygen atoms in total. The molecule has 0 unspecified atom stereocenters. The van der Waals surface area contributed by atoms with Gasteiger partial charge in [0.25, 0.3) is 0 Å². The third kappa shape index (κ3) is 14.2. The second-order valence-electron chi connectivity index (χ2n) is 33.9. The summed E-state index contributed by atoms with van der Waals surface area (Å²) in [4.78, 5) is 4.74. The van der Waals surface area contributed by atoms with Crippen LogP contribution >= 0.6 is 0 Å². The first-order valence-corrected chi connectivity index (χ1v) is 45.4. The lowest BCUT2D eigenvalue weighted by Gasteiger charge is -2.34. The van der Waals surface area contributed by atoms with Crippen LogP contribution in [0.2, 0.25) is 0 Å². The van der Waals surface area contributed by atoms with Crippen molar-refractivity contribution < 1.29 is 4.42 Å². The van der Waals surface area contributed by atoms with Crippen molar-refractivity contribution in [3.63, 3.8) is 0 Å². The number of hydrogen-bond donors (Lipinski definition) is 0. The van der Waals surface area contributed by atoms with Crippen molar-refractivity contribution in [1.82, 2.24) is 0 Å². The van der Waals surface area contributed by atoms with E-state index in [1.165, 1.54) is 155 Å². The highest BCUT2D eigenvalue weighted by Gasteiger charge is 2.46. The molecule has 0 saturated heterocycles. The van der Waals surface area contributed by atoms with E-state index in [1.54, 1.807) is 0 Å². The average molecular weight is 1680 g/mol. The van der Waals surface area contributed by atoms with Crippen LogP contribution in [-0.4, -0.2) is 0 Å². The van der Waals surface area contributed by atoms with Crippen molar-refractivity contribution in [2.75, 3.05) is 9.80 Å². The molecule has 3 heteroatoms. The van der Waals surface area contributed by atoms with E-state index in [-0.39, 0.29) is 0 Å². The Morgan fingerprint density at radius 2 is 0.424 bits per heavy atom. The van der Waals surface area contributed by atoms with Gasteiger partial charge in [0.15, 0.2) is 0 Å². The maximum Gasteiger partial charge on any atom is 0.135 e. The van der Waals surface area contributed by atoms with Gasteiger partial charge in [0.1, 0.15) is 11.2 Å². The first kappa shape index (κ1) is 79.4. The summed E-state index contributed by atoms with van der Waals surface area (Å²) in [5, 5.41) is 7.10. The van der Waals surface area contributed by atoms with Crippen LogP contribution in [0.5, 0.6) is 0 Å². The molecular formula is C129H88N2O. The van der Waals surface area contributed by atoms with Crippen LogP contribution in [0.15, 0.2) is 538 Å². The Hall–Kier alpha value is -17.2. The minimum absolute atomic E-state index is 0.466. The molecule has 0 atom stereocenters. The molecule has 0 radical (unpaired) electrons. The highest BCUT2D eigenvalue weighted by Crippen LogP contribution is 2.60. The Labute approximate surface area is 770 Å². The highest BCUT2D eigenvalue weighted by molar-refractivity contribution is 6.24. The predicted octanol–water partition coefficient (Wildman–Crippen LogP) is 35.6. The monoisotopic (exact) mass is 1680 g/mol. The molecule has 1 aliphatic rings. The largest absolute Gasteiger partial charge is 0.456 e. The molecule has 0 amide bonds. The summed E-state index contributed by atoms with van der Waals surface area (Å²) < 4.78 is 6.23. The van der Waals surface area contributed by atoms with Crippen LogP contribution < -0.4 is 9.80 Å². The predicted molar refractivity (Wildman–Crippen MR) is 556 cm³/mol. The van der Waals surface area contributed by atoms with Crippen molar-refractivity contribution >= 4 is 77.6 Å². The molecule has 0 fully saturated rings. The minimum Gasteiger partial charge on any atom is -0.456 e. The summed E-state index contributed by atoms with van der Waals surface area (Å²) in [6.07, 6.45) is 0. The van der Waals surface area contributed by atoms with Gasteiger partial charge in [-0.1, -0.05) is 449 Å². The lowest BCUT2D eigenvalue weighted by atomic mass is 9.68. The number of hydrogen-bond acceptors (Lipinski definition) is 3. The van der Waals surface area contributed by atoms with E-state index in [2.05, 4.69) is 532 Å². The van der Waals surface area contributed by atoms with Crippen molar-refractivity contribution in [3.8, 4) is 122 Å². The van der Waals surface area contributed by atoms with Crippen molar-refractivity contribution in [2.45, 2.75) is 5.41 Å². The van der Waals surface area contributed by atoms with Gasteiger partial charge in [-0.05, 0) is 251 Å². The number of fused-ring (bicyclic) bond motifs is 8. The van der Waals surface area contributed by atoms with Gasteiger partial charge in [0.2, 0.25) is 0 Å². The van der Waals surface area contributed by atoms with Crippen LogP contribution in [0.25, 0.3) is 166 Å². The van der Waals surface area contributed by atoms with Gasteiger partial charge < -0.3 is 14.2 Å². The quantitative estimate of drug-likeness (QED) is 0.0854. The van der Waals surface area contributed by atoms with E-state index in [0.717, 1.165) is 67.2 Å². The normalized spacial score (nSPS) is 11.8. The Morgan fingerprint density at radius 1 is 0.152 bits per heavy atom. The summed E-state index contributed by atoms with van der Waals surface area (Å²) in [7, 11) is 0. The first-order valence-electron chi connectivity index (χ1n) is 45.4. The second kappa shape index (κ2) is 34.8. The Morgan fingerprint density at radius 3 is 0.826 bits per heavy atom. The lowest BCUT2D eigenvalue weighted by Crippen LogP contribution is -2.28. The maximum atomic E-state index is 6.23. The Bertz CT molecular complexity index is 8050. The maximum absolute atomic E-state index is 6.23. The van der Waals surface area contributed by atoms with Gasteiger partial charge in [-0.15, -0.1) is 0 Å². The average Bonchev–Trinajstić information content (AvgIpc) is 1.39. The number of nitrogens with zero attached hydrogens (tertiary/aromatic N) is 2. The van der Waals surface area contributed by atoms with Gasteiger partial charge in [0, 0.05) is 44.9 Å². The molecule has 0 aliphatic heterocycles. The third-order valence-electron chi connectivity index (χ3n) is 26.4.